The summed E-state index contributed by atoms with van der Waals surface area (Å²) in [6.07, 6.45) is -0.365. The van der Waals surface area contributed by atoms with Crippen LogP contribution >= 0.6 is 15.9 Å². The quantitative estimate of drug-likeness (QED) is 0.663. The van der Waals surface area contributed by atoms with Crippen LogP contribution in [0, 0.1) is 0 Å². The Hall–Kier alpha value is -2.60. The summed E-state index contributed by atoms with van der Waals surface area (Å²) in [7, 11) is 3.41. The third kappa shape index (κ3) is 2.24. The first-order chi connectivity index (χ1) is 13.4. The molecule has 1 amide bonds. The van der Waals surface area contributed by atoms with Crippen LogP contribution in [-0.2, 0) is 10.3 Å². The van der Waals surface area contributed by atoms with Crippen LogP contribution in [0.3, 0.4) is 0 Å². The van der Waals surface area contributed by atoms with Crippen LogP contribution in [0.1, 0.15) is 23.6 Å². The minimum Gasteiger partial charge on any atom is -0.433 e. The highest BCUT2D eigenvalue weighted by molar-refractivity contribution is 9.10. The molecule has 5 nitrogen and oxygen atoms in total. The molecule has 3 aliphatic rings. The van der Waals surface area contributed by atoms with E-state index in [1.165, 1.54) is 4.90 Å². The number of hydrogen-bond acceptors (Lipinski definition) is 4. The van der Waals surface area contributed by atoms with E-state index in [1.54, 1.807) is 14.1 Å². The fraction of sp³-hybridized carbons (Fsp3) is 0.273. The maximum Gasteiger partial charge on any atom is 0.410 e. The van der Waals surface area contributed by atoms with E-state index in [0.29, 0.717) is 0 Å². The van der Waals surface area contributed by atoms with Crippen molar-refractivity contribution in [3.8, 4) is 0 Å². The van der Waals surface area contributed by atoms with Gasteiger partial charge in [-0.25, -0.2) is 4.79 Å². The lowest BCUT2D eigenvalue weighted by molar-refractivity contribution is 0.0363. The molecule has 1 atom stereocenters. The average Bonchev–Trinajstić information content (AvgIpc) is 3.24. The Labute approximate surface area is 172 Å². The summed E-state index contributed by atoms with van der Waals surface area (Å²) in [5, 5.41) is 0. The standard InChI is InChI=1S/C22H20BrN3O2/c1-22(28-21(27)25(2)3)16-7-5-4-6-14(16)18-15-12-13(23)8-9-17(15)26-11-10-24-20(26)19(18)22/h4-9,12H,10-11H2,1-3H3. The molecule has 0 fully saturated rings. The van der Waals surface area contributed by atoms with Gasteiger partial charge < -0.3 is 14.5 Å². The summed E-state index contributed by atoms with van der Waals surface area (Å²) in [6, 6.07) is 14.5. The summed E-state index contributed by atoms with van der Waals surface area (Å²) < 4.78 is 7.14. The molecule has 2 aliphatic heterocycles. The number of amidine groups is 1. The van der Waals surface area contributed by atoms with Crippen molar-refractivity contribution < 1.29 is 9.53 Å². The van der Waals surface area contributed by atoms with Gasteiger partial charge in [-0.05, 0) is 30.7 Å². The molecule has 0 aromatic heterocycles. The minimum atomic E-state index is -0.894. The molecule has 0 N–H and O–H groups in total. The minimum absolute atomic E-state index is 0.365. The molecule has 1 unspecified atom stereocenters. The third-order valence-electron chi connectivity index (χ3n) is 5.68. The van der Waals surface area contributed by atoms with Gasteiger partial charge in [0.15, 0.2) is 5.60 Å². The van der Waals surface area contributed by atoms with Gasteiger partial charge in [0.1, 0.15) is 5.84 Å². The fourth-order valence-corrected chi connectivity index (χ4v) is 4.80. The number of hydrogen-bond donors (Lipinski definition) is 0. The summed E-state index contributed by atoms with van der Waals surface area (Å²) >= 11 is 3.62. The SMILES string of the molecule is CN(C)C(=O)OC1(C)C2=C(c3cc(Br)ccc3N3CCN=C23)c2ccccc21. The van der Waals surface area contributed by atoms with Crippen LogP contribution in [0.2, 0.25) is 0 Å². The molecule has 2 heterocycles. The normalized spacial score (nSPS) is 21.6. The van der Waals surface area contributed by atoms with E-state index in [1.807, 2.05) is 25.1 Å². The van der Waals surface area contributed by atoms with E-state index in [2.05, 4.69) is 45.1 Å². The lowest BCUT2D eigenvalue weighted by atomic mass is 9.87. The molecule has 142 valence electrons. The van der Waals surface area contributed by atoms with Crippen LogP contribution < -0.4 is 4.90 Å². The van der Waals surface area contributed by atoms with Crippen molar-refractivity contribution in [2.75, 3.05) is 32.1 Å². The van der Waals surface area contributed by atoms with E-state index in [9.17, 15) is 4.79 Å². The van der Waals surface area contributed by atoms with Gasteiger partial charge in [0.2, 0.25) is 0 Å². The number of fused-ring (bicyclic) bond motifs is 7. The predicted molar refractivity (Wildman–Crippen MR) is 114 cm³/mol. The van der Waals surface area contributed by atoms with Gasteiger partial charge in [0.05, 0.1) is 17.8 Å². The Kier molecular flexibility index (Phi) is 3.72. The first-order valence-electron chi connectivity index (χ1n) is 9.29. The van der Waals surface area contributed by atoms with E-state index in [4.69, 9.17) is 9.73 Å². The monoisotopic (exact) mass is 437 g/mol. The smallest absolute Gasteiger partial charge is 0.410 e. The molecular weight excluding hydrogens is 418 g/mol. The second kappa shape index (κ2) is 5.95. The van der Waals surface area contributed by atoms with Gasteiger partial charge >= 0.3 is 6.09 Å². The lowest BCUT2D eigenvalue weighted by Gasteiger charge is -2.36. The molecule has 0 bridgehead atoms. The van der Waals surface area contributed by atoms with Crippen LogP contribution in [0.4, 0.5) is 10.5 Å². The van der Waals surface area contributed by atoms with Gasteiger partial charge in [-0.2, -0.15) is 0 Å². The first kappa shape index (κ1) is 17.5. The highest BCUT2D eigenvalue weighted by Gasteiger charge is 2.51. The van der Waals surface area contributed by atoms with Crippen molar-refractivity contribution >= 4 is 39.1 Å². The molecule has 5 rings (SSSR count). The number of carbonyl (C=O) groups is 1. The summed E-state index contributed by atoms with van der Waals surface area (Å²) in [6.45, 7) is 3.54. The maximum atomic E-state index is 12.6. The lowest BCUT2D eigenvalue weighted by Crippen LogP contribution is -2.42. The van der Waals surface area contributed by atoms with Crippen molar-refractivity contribution in [2.24, 2.45) is 4.99 Å². The van der Waals surface area contributed by atoms with E-state index >= 15 is 0 Å². The Bertz CT molecular complexity index is 1090. The second-order valence-corrected chi connectivity index (χ2v) is 8.53. The van der Waals surface area contributed by atoms with Crippen molar-refractivity contribution in [1.29, 1.82) is 0 Å². The molecule has 0 saturated heterocycles. The maximum absolute atomic E-state index is 12.6. The number of amides is 1. The molecule has 0 radical (unpaired) electrons. The molecular formula is C22H20BrN3O2. The third-order valence-corrected chi connectivity index (χ3v) is 6.17. The highest BCUT2D eigenvalue weighted by Crippen LogP contribution is 2.55. The first-order valence-corrected chi connectivity index (χ1v) is 10.1. The Balaban J connectivity index is 1.83. The van der Waals surface area contributed by atoms with Gasteiger partial charge in [-0.3, -0.25) is 4.99 Å². The Morgan fingerprint density at radius 1 is 1.21 bits per heavy atom. The van der Waals surface area contributed by atoms with E-state index in [-0.39, 0.29) is 6.09 Å². The molecule has 6 heteroatoms. The largest absolute Gasteiger partial charge is 0.433 e. The van der Waals surface area contributed by atoms with Crippen molar-refractivity contribution in [1.82, 2.24) is 4.90 Å². The number of rotatable bonds is 1. The molecule has 2 aromatic rings. The zero-order chi connectivity index (χ0) is 19.6. The molecule has 0 spiro atoms. The molecule has 0 saturated carbocycles. The zero-order valence-corrected chi connectivity index (χ0v) is 17.6. The van der Waals surface area contributed by atoms with Gasteiger partial charge in [0, 0.05) is 41.8 Å². The topological polar surface area (TPSA) is 45.1 Å². The summed E-state index contributed by atoms with van der Waals surface area (Å²) in [5.74, 6) is 0.912. The van der Waals surface area contributed by atoms with Crippen LogP contribution in [0.5, 0.6) is 0 Å². The molecule has 28 heavy (non-hydrogen) atoms. The number of halogens is 1. The van der Waals surface area contributed by atoms with Gasteiger partial charge in [-0.15, -0.1) is 0 Å². The Morgan fingerprint density at radius 3 is 2.79 bits per heavy atom. The second-order valence-electron chi connectivity index (χ2n) is 7.61. The van der Waals surface area contributed by atoms with Gasteiger partial charge in [0.25, 0.3) is 0 Å². The number of aliphatic imine (C=N–C) groups is 1. The number of nitrogens with zero attached hydrogens (tertiary/aromatic N) is 3. The number of anilines is 1. The zero-order valence-electron chi connectivity index (χ0n) is 16.0. The molecule has 1 aliphatic carbocycles. The van der Waals surface area contributed by atoms with Crippen molar-refractivity contribution in [3.05, 3.63) is 69.2 Å². The predicted octanol–water partition coefficient (Wildman–Crippen LogP) is 4.41. The number of carbonyl (C=O) groups excluding carboxylic acids is 1. The van der Waals surface area contributed by atoms with Crippen LogP contribution in [-0.4, -0.2) is 44.0 Å². The number of benzene rings is 2. The number of ether oxygens (including phenoxy) is 1. The summed E-state index contributed by atoms with van der Waals surface area (Å²) in [4.78, 5) is 21.1. The summed E-state index contributed by atoms with van der Waals surface area (Å²) in [5.41, 5.74) is 5.58. The van der Waals surface area contributed by atoms with Crippen LogP contribution in [0.25, 0.3) is 5.57 Å². The van der Waals surface area contributed by atoms with Gasteiger partial charge in [-0.1, -0.05) is 40.2 Å². The highest BCUT2D eigenvalue weighted by atomic mass is 79.9. The van der Waals surface area contributed by atoms with Crippen molar-refractivity contribution in [2.45, 2.75) is 12.5 Å². The van der Waals surface area contributed by atoms with Crippen molar-refractivity contribution in [3.63, 3.8) is 0 Å². The Morgan fingerprint density at radius 2 is 2.00 bits per heavy atom. The molecule has 2 aromatic carbocycles. The fourth-order valence-electron chi connectivity index (χ4n) is 4.44. The van der Waals surface area contributed by atoms with Crippen LogP contribution in [0.15, 0.2) is 57.5 Å². The average molecular weight is 438 g/mol. The van der Waals surface area contributed by atoms with E-state index in [0.717, 1.165) is 56.9 Å². The van der Waals surface area contributed by atoms with E-state index < -0.39 is 5.60 Å².